The maximum Gasteiger partial charge on any atom is 0.344 e. The van der Waals surface area contributed by atoms with E-state index in [4.69, 9.17) is 9.47 Å². The van der Waals surface area contributed by atoms with Crippen LogP contribution in [0.25, 0.3) is 0 Å². The monoisotopic (exact) mass is 329 g/mol. The van der Waals surface area contributed by atoms with Gasteiger partial charge in [-0.25, -0.2) is 22.3 Å². The zero-order valence-corrected chi connectivity index (χ0v) is 13.7. The number of ether oxygens (including phenoxy) is 2. The van der Waals surface area contributed by atoms with Crippen LogP contribution in [0, 0.1) is 0 Å². The maximum absolute atomic E-state index is 12.0. The quantitative estimate of drug-likeness (QED) is 0.725. The van der Waals surface area contributed by atoms with Crippen LogP contribution in [-0.4, -0.2) is 51.5 Å². The Kier molecular flexibility index (Phi) is 6.07. The molecule has 0 spiro atoms. The molecule has 0 aliphatic rings. The molecule has 0 unspecified atom stereocenters. The van der Waals surface area contributed by atoms with Crippen molar-refractivity contribution in [1.82, 2.24) is 4.31 Å². The fraction of sp³-hybridized carbons (Fsp3) is 0.429. The van der Waals surface area contributed by atoms with Crippen molar-refractivity contribution in [2.75, 3.05) is 20.7 Å². The van der Waals surface area contributed by atoms with E-state index in [2.05, 4.69) is 0 Å². The Morgan fingerprint density at radius 3 is 2.41 bits per heavy atom. The van der Waals surface area contributed by atoms with Gasteiger partial charge < -0.3 is 9.47 Å². The molecule has 0 saturated carbocycles. The van der Waals surface area contributed by atoms with Crippen molar-refractivity contribution in [3.05, 3.63) is 29.8 Å². The number of benzene rings is 1. The number of carbonyl (C=O) groups is 2. The van der Waals surface area contributed by atoms with E-state index < -0.39 is 28.6 Å². The van der Waals surface area contributed by atoms with Gasteiger partial charge in [0.05, 0.1) is 16.6 Å². The molecular weight excluding hydrogens is 310 g/mol. The van der Waals surface area contributed by atoms with Gasteiger partial charge in [0.25, 0.3) is 0 Å². The molecule has 0 radical (unpaired) electrons. The molecule has 1 aromatic rings. The fourth-order valence-electron chi connectivity index (χ4n) is 1.50. The second-order valence-corrected chi connectivity index (χ2v) is 7.08. The van der Waals surface area contributed by atoms with Crippen LogP contribution >= 0.6 is 0 Å². The summed E-state index contributed by atoms with van der Waals surface area (Å²) in [4.78, 5) is 23.1. The zero-order chi connectivity index (χ0) is 16.9. The highest BCUT2D eigenvalue weighted by molar-refractivity contribution is 7.89. The smallest absolute Gasteiger partial charge is 0.344 e. The van der Waals surface area contributed by atoms with E-state index >= 15 is 0 Å². The molecule has 1 aromatic carbocycles. The lowest BCUT2D eigenvalue weighted by Gasteiger charge is -2.12. The lowest BCUT2D eigenvalue weighted by atomic mass is 10.2. The minimum atomic E-state index is -3.65. The molecule has 8 heteroatoms. The van der Waals surface area contributed by atoms with Gasteiger partial charge in [0, 0.05) is 14.1 Å². The summed E-state index contributed by atoms with van der Waals surface area (Å²) in [6, 6.07) is 5.41. The highest BCUT2D eigenvalue weighted by Gasteiger charge is 2.19. The normalized spacial score (nSPS) is 11.5. The van der Waals surface area contributed by atoms with Crippen LogP contribution in [0.15, 0.2) is 29.2 Å². The van der Waals surface area contributed by atoms with Crippen molar-refractivity contribution in [2.24, 2.45) is 0 Å². The number of esters is 2. The summed E-state index contributed by atoms with van der Waals surface area (Å²) < 4.78 is 34.7. The number of rotatable bonds is 6. The first-order valence-corrected chi connectivity index (χ1v) is 7.98. The summed E-state index contributed by atoms with van der Waals surface area (Å²) in [7, 11) is -0.864. The third kappa shape index (κ3) is 4.81. The molecule has 122 valence electrons. The van der Waals surface area contributed by atoms with Gasteiger partial charge in [-0.2, -0.15) is 0 Å². The average Bonchev–Trinajstić information content (AvgIpc) is 2.44. The van der Waals surface area contributed by atoms with Crippen LogP contribution < -0.4 is 0 Å². The Balaban J connectivity index is 2.82. The molecule has 0 fully saturated rings. The number of hydrogen-bond donors (Lipinski definition) is 0. The molecule has 0 bridgehead atoms. The molecule has 0 aliphatic heterocycles. The first-order valence-electron chi connectivity index (χ1n) is 6.53. The summed E-state index contributed by atoms with van der Waals surface area (Å²) >= 11 is 0. The van der Waals surface area contributed by atoms with E-state index in [1.54, 1.807) is 13.8 Å². The van der Waals surface area contributed by atoms with Gasteiger partial charge in [-0.3, -0.25) is 0 Å². The summed E-state index contributed by atoms with van der Waals surface area (Å²) in [5.74, 6) is -1.46. The van der Waals surface area contributed by atoms with Crippen LogP contribution in [-0.2, 0) is 24.3 Å². The predicted octanol–water partition coefficient (Wildman–Crippen LogP) is 1.05. The van der Waals surface area contributed by atoms with Gasteiger partial charge in [-0.05, 0) is 32.0 Å². The van der Waals surface area contributed by atoms with Crippen LogP contribution in [0.2, 0.25) is 0 Å². The number of hydrogen-bond acceptors (Lipinski definition) is 6. The summed E-state index contributed by atoms with van der Waals surface area (Å²) in [5.41, 5.74) is 0.0419. The van der Waals surface area contributed by atoms with Gasteiger partial charge in [0.15, 0.2) is 6.61 Å². The SMILES string of the molecule is CC(C)OC(=O)COC(=O)c1cccc(S(=O)(=O)N(C)C)c1. The first kappa shape index (κ1) is 18.1. The Morgan fingerprint density at radius 1 is 1.23 bits per heavy atom. The number of sulfonamides is 1. The Morgan fingerprint density at radius 2 is 1.86 bits per heavy atom. The number of carbonyl (C=O) groups excluding carboxylic acids is 2. The lowest BCUT2D eigenvalue weighted by molar-refractivity contribution is -0.150. The molecule has 22 heavy (non-hydrogen) atoms. The van der Waals surface area contributed by atoms with Crippen molar-refractivity contribution < 1.29 is 27.5 Å². The highest BCUT2D eigenvalue weighted by Crippen LogP contribution is 2.15. The molecular formula is C14H19NO6S. The fourth-order valence-corrected chi connectivity index (χ4v) is 2.45. The van der Waals surface area contributed by atoms with Crippen LogP contribution in [0.3, 0.4) is 0 Å². The van der Waals surface area contributed by atoms with Crippen molar-refractivity contribution in [3.63, 3.8) is 0 Å². The molecule has 0 heterocycles. The van der Waals surface area contributed by atoms with Gasteiger partial charge in [0.1, 0.15) is 0 Å². The van der Waals surface area contributed by atoms with E-state index in [0.29, 0.717) is 0 Å². The predicted molar refractivity (Wildman–Crippen MR) is 78.8 cm³/mol. The molecule has 0 amide bonds. The number of nitrogens with zero attached hydrogens (tertiary/aromatic N) is 1. The van der Waals surface area contributed by atoms with Crippen molar-refractivity contribution >= 4 is 22.0 Å². The van der Waals surface area contributed by atoms with E-state index in [1.165, 1.54) is 38.4 Å². The minimum absolute atomic E-state index is 0.0308. The maximum atomic E-state index is 12.0. The second kappa shape index (κ2) is 7.37. The zero-order valence-electron chi connectivity index (χ0n) is 12.9. The van der Waals surface area contributed by atoms with Gasteiger partial charge >= 0.3 is 11.9 Å². The molecule has 7 nitrogen and oxygen atoms in total. The summed E-state index contributed by atoms with van der Waals surface area (Å²) in [6.07, 6.45) is -0.306. The largest absolute Gasteiger partial charge is 0.460 e. The second-order valence-electron chi connectivity index (χ2n) is 4.93. The average molecular weight is 329 g/mol. The third-order valence-electron chi connectivity index (χ3n) is 2.54. The van der Waals surface area contributed by atoms with Gasteiger partial charge in [-0.1, -0.05) is 6.07 Å². The van der Waals surface area contributed by atoms with Gasteiger partial charge in [0.2, 0.25) is 10.0 Å². The van der Waals surface area contributed by atoms with Crippen molar-refractivity contribution in [1.29, 1.82) is 0 Å². The van der Waals surface area contributed by atoms with E-state index in [1.807, 2.05) is 0 Å². The van der Waals surface area contributed by atoms with Crippen LogP contribution in [0.5, 0.6) is 0 Å². The van der Waals surface area contributed by atoms with Gasteiger partial charge in [-0.15, -0.1) is 0 Å². The van der Waals surface area contributed by atoms with Crippen molar-refractivity contribution in [2.45, 2.75) is 24.8 Å². The molecule has 0 atom stereocenters. The van der Waals surface area contributed by atoms with E-state index in [9.17, 15) is 18.0 Å². The summed E-state index contributed by atoms with van der Waals surface area (Å²) in [6.45, 7) is 2.83. The lowest BCUT2D eigenvalue weighted by Crippen LogP contribution is -2.23. The third-order valence-corrected chi connectivity index (χ3v) is 4.35. The van der Waals surface area contributed by atoms with E-state index in [-0.39, 0.29) is 16.6 Å². The Labute approximate surface area is 129 Å². The first-order chi connectivity index (χ1) is 10.1. The molecule has 0 aliphatic carbocycles. The van der Waals surface area contributed by atoms with E-state index in [0.717, 1.165) is 4.31 Å². The molecule has 0 N–H and O–H groups in total. The topological polar surface area (TPSA) is 90.0 Å². The Bertz CT molecular complexity index is 651. The van der Waals surface area contributed by atoms with Crippen LogP contribution in [0.1, 0.15) is 24.2 Å². The van der Waals surface area contributed by atoms with Crippen molar-refractivity contribution in [3.8, 4) is 0 Å². The molecule has 0 saturated heterocycles. The minimum Gasteiger partial charge on any atom is -0.460 e. The molecule has 1 rings (SSSR count). The Hall–Kier alpha value is -1.93. The molecule has 0 aromatic heterocycles. The summed E-state index contributed by atoms with van der Waals surface area (Å²) in [5, 5.41) is 0. The standard InChI is InChI=1S/C14H19NO6S/c1-10(2)21-13(16)9-20-14(17)11-6-5-7-12(8-11)22(18,19)15(3)4/h5-8,10H,9H2,1-4H3. The highest BCUT2D eigenvalue weighted by atomic mass is 32.2. The van der Waals surface area contributed by atoms with Crippen LogP contribution in [0.4, 0.5) is 0 Å².